The van der Waals surface area contributed by atoms with Crippen LogP contribution in [0.1, 0.15) is 50.4 Å². The number of hydrogen-bond donors (Lipinski definition) is 1. The molecule has 2 atom stereocenters. The van der Waals surface area contributed by atoms with Crippen molar-refractivity contribution in [3.8, 4) is 0 Å². The molecule has 0 saturated heterocycles. The molecule has 0 fully saturated rings. The van der Waals surface area contributed by atoms with Gasteiger partial charge in [0.15, 0.2) is 5.82 Å². The van der Waals surface area contributed by atoms with Crippen molar-refractivity contribution in [2.24, 2.45) is 0 Å². The van der Waals surface area contributed by atoms with Gasteiger partial charge in [0.05, 0.1) is 5.92 Å². The maximum Gasteiger partial charge on any atom is 0.231 e. The van der Waals surface area contributed by atoms with Crippen molar-refractivity contribution in [2.45, 2.75) is 52.0 Å². The number of nitrogens with one attached hydrogen (secondary N) is 1. The van der Waals surface area contributed by atoms with E-state index in [0.29, 0.717) is 6.04 Å². The van der Waals surface area contributed by atoms with Crippen LogP contribution in [0.2, 0.25) is 0 Å². The lowest BCUT2D eigenvalue weighted by atomic mass is 9.98. The SMILES string of the molecule is CCNC(C)C(CC)c1nc(CCc2ccccc2)no1. The van der Waals surface area contributed by atoms with Crippen molar-refractivity contribution >= 4 is 0 Å². The van der Waals surface area contributed by atoms with Crippen LogP contribution in [0.25, 0.3) is 0 Å². The van der Waals surface area contributed by atoms with Crippen LogP contribution in [0.5, 0.6) is 0 Å². The summed E-state index contributed by atoms with van der Waals surface area (Å²) in [5, 5.41) is 7.56. The molecule has 2 rings (SSSR count). The average molecular weight is 287 g/mol. The van der Waals surface area contributed by atoms with E-state index in [2.05, 4.69) is 60.5 Å². The highest BCUT2D eigenvalue weighted by Crippen LogP contribution is 2.22. The van der Waals surface area contributed by atoms with E-state index in [1.807, 2.05) is 6.07 Å². The molecule has 0 radical (unpaired) electrons. The molecular weight excluding hydrogens is 262 g/mol. The Kier molecular flexibility index (Phi) is 5.93. The molecule has 0 bridgehead atoms. The molecule has 0 saturated carbocycles. The molecule has 1 aromatic heterocycles. The van der Waals surface area contributed by atoms with Crippen LogP contribution in [0.4, 0.5) is 0 Å². The lowest BCUT2D eigenvalue weighted by molar-refractivity contribution is 0.315. The molecule has 21 heavy (non-hydrogen) atoms. The van der Waals surface area contributed by atoms with Gasteiger partial charge in [0.1, 0.15) is 0 Å². The number of rotatable bonds is 8. The van der Waals surface area contributed by atoms with E-state index in [1.54, 1.807) is 0 Å². The fourth-order valence-electron chi connectivity index (χ4n) is 2.63. The van der Waals surface area contributed by atoms with Gasteiger partial charge in [0.2, 0.25) is 5.89 Å². The van der Waals surface area contributed by atoms with Gasteiger partial charge in [0.25, 0.3) is 0 Å². The number of aryl methyl sites for hydroxylation is 2. The van der Waals surface area contributed by atoms with Gasteiger partial charge in [-0.05, 0) is 31.9 Å². The summed E-state index contributed by atoms with van der Waals surface area (Å²) < 4.78 is 5.47. The second kappa shape index (κ2) is 7.93. The van der Waals surface area contributed by atoms with Crippen LogP contribution in [0.15, 0.2) is 34.9 Å². The van der Waals surface area contributed by atoms with Gasteiger partial charge in [-0.1, -0.05) is 49.3 Å². The molecule has 114 valence electrons. The zero-order chi connectivity index (χ0) is 15.1. The van der Waals surface area contributed by atoms with Crippen LogP contribution in [-0.2, 0) is 12.8 Å². The highest BCUT2D eigenvalue weighted by Gasteiger charge is 2.22. The first-order valence-electron chi connectivity index (χ1n) is 7.84. The van der Waals surface area contributed by atoms with E-state index in [4.69, 9.17) is 4.52 Å². The molecular formula is C17H25N3O. The summed E-state index contributed by atoms with van der Waals surface area (Å²) in [7, 11) is 0. The van der Waals surface area contributed by atoms with Crippen molar-refractivity contribution in [2.75, 3.05) is 6.54 Å². The van der Waals surface area contributed by atoms with Gasteiger partial charge in [-0.2, -0.15) is 4.98 Å². The third kappa shape index (κ3) is 4.39. The molecule has 2 unspecified atom stereocenters. The zero-order valence-electron chi connectivity index (χ0n) is 13.2. The molecule has 0 aliphatic heterocycles. The normalized spacial score (nSPS) is 14.0. The third-order valence-corrected chi connectivity index (χ3v) is 3.85. The smallest absolute Gasteiger partial charge is 0.231 e. The van der Waals surface area contributed by atoms with Gasteiger partial charge in [0, 0.05) is 12.5 Å². The fourth-order valence-corrected chi connectivity index (χ4v) is 2.63. The van der Waals surface area contributed by atoms with Crippen molar-refractivity contribution in [3.05, 3.63) is 47.6 Å². The summed E-state index contributed by atoms with van der Waals surface area (Å²) in [5.41, 5.74) is 1.30. The minimum atomic E-state index is 0.280. The maximum atomic E-state index is 5.47. The molecule has 1 N–H and O–H groups in total. The summed E-state index contributed by atoms with van der Waals surface area (Å²) in [4.78, 5) is 4.58. The van der Waals surface area contributed by atoms with Gasteiger partial charge in [-0.15, -0.1) is 0 Å². The number of aromatic nitrogens is 2. The summed E-state index contributed by atoms with van der Waals surface area (Å²) in [5.74, 6) is 1.84. The van der Waals surface area contributed by atoms with E-state index >= 15 is 0 Å². The van der Waals surface area contributed by atoms with Gasteiger partial charge in [-0.25, -0.2) is 0 Å². The summed E-state index contributed by atoms with van der Waals surface area (Å²) >= 11 is 0. The second-order valence-electron chi connectivity index (χ2n) is 5.40. The number of likely N-dealkylation sites (N-methyl/N-ethyl adjacent to an activating group) is 1. The van der Waals surface area contributed by atoms with Crippen molar-refractivity contribution < 1.29 is 4.52 Å². The Morgan fingerprint density at radius 1 is 1.14 bits per heavy atom. The van der Waals surface area contributed by atoms with Crippen LogP contribution < -0.4 is 5.32 Å². The summed E-state index contributed by atoms with van der Waals surface area (Å²) in [6, 6.07) is 10.8. The van der Waals surface area contributed by atoms with Crippen LogP contribution in [0.3, 0.4) is 0 Å². The van der Waals surface area contributed by atoms with E-state index in [9.17, 15) is 0 Å². The molecule has 4 heteroatoms. The molecule has 1 aromatic carbocycles. The molecule has 0 aliphatic rings. The van der Waals surface area contributed by atoms with Gasteiger partial charge < -0.3 is 9.84 Å². The van der Waals surface area contributed by atoms with Crippen LogP contribution in [-0.4, -0.2) is 22.7 Å². The summed E-state index contributed by atoms with van der Waals surface area (Å²) in [6.07, 6.45) is 2.76. The predicted octanol–water partition coefficient (Wildman–Crippen LogP) is 3.35. The molecule has 0 aliphatic carbocycles. The van der Waals surface area contributed by atoms with Crippen LogP contribution in [0, 0.1) is 0 Å². The first-order chi connectivity index (χ1) is 10.2. The van der Waals surface area contributed by atoms with E-state index < -0.39 is 0 Å². The monoisotopic (exact) mass is 287 g/mol. The largest absolute Gasteiger partial charge is 0.339 e. The number of benzene rings is 1. The molecule has 1 heterocycles. The second-order valence-corrected chi connectivity index (χ2v) is 5.40. The summed E-state index contributed by atoms with van der Waals surface area (Å²) in [6.45, 7) is 7.40. The minimum absolute atomic E-state index is 0.280. The van der Waals surface area contributed by atoms with Crippen LogP contribution >= 0.6 is 0 Å². The molecule has 0 spiro atoms. The number of hydrogen-bond acceptors (Lipinski definition) is 4. The lowest BCUT2D eigenvalue weighted by Crippen LogP contribution is -2.31. The van der Waals surface area contributed by atoms with Crippen molar-refractivity contribution in [3.63, 3.8) is 0 Å². The number of nitrogens with zero attached hydrogens (tertiary/aromatic N) is 2. The van der Waals surface area contributed by atoms with Gasteiger partial charge in [-0.3, -0.25) is 0 Å². The zero-order valence-corrected chi connectivity index (χ0v) is 13.2. The average Bonchev–Trinajstić information content (AvgIpc) is 2.96. The Balaban J connectivity index is 1.96. The first-order valence-corrected chi connectivity index (χ1v) is 7.84. The molecule has 4 nitrogen and oxygen atoms in total. The quantitative estimate of drug-likeness (QED) is 0.809. The Bertz CT molecular complexity index is 524. The van der Waals surface area contributed by atoms with E-state index in [0.717, 1.165) is 37.5 Å². The van der Waals surface area contributed by atoms with E-state index in [1.165, 1.54) is 5.56 Å². The van der Waals surface area contributed by atoms with Crippen molar-refractivity contribution in [1.82, 2.24) is 15.5 Å². The topological polar surface area (TPSA) is 51.0 Å². The van der Waals surface area contributed by atoms with E-state index in [-0.39, 0.29) is 5.92 Å². The predicted molar refractivity (Wildman–Crippen MR) is 84.3 cm³/mol. The molecule has 2 aromatic rings. The standard InChI is InChI=1S/C17H25N3O/c1-4-15(13(3)18-5-2)17-19-16(20-21-17)12-11-14-9-7-6-8-10-14/h6-10,13,15,18H,4-5,11-12H2,1-3H3. The van der Waals surface area contributed by atoms with Crippen molar-refractivity contribution in [1.29, 1.82) is 0 Å². The first kappa shape index (κ1) is 15.7. The van der Waals surface area contributed by atoms with Gasteiger partial charge >= 0.3 is 0 Å². The maximum absolute atomic E-state index is 5.47. The fraction of sp³-hybridized carbons (Fsp3) is 0.529. The highest BCUT2D eigenvalue weighted by atomic mass is 16.5. The molecule has 0 amide bonds. The Labute approximate surface area is 127 Å². The Hall–Kier alpha value is -1.68. The Morgan fingerprint density at radius 2 is 1.90 bits per heavy atom. The minimum Gasteiger partial charge on any atom is -0.339 e. The lowest BCUT2D eigenvalue weighted by Gasteiger charge is -2.19. The third-order valence-electron chi connectivity index (χ3n) is 3.85. The highest BCUT2D eigenvalue weighted by molar-refractivity contribution is 5.15. The Morgan fingerprint density at radius 3 is 2.57 bits per heavy atom.